The number of Topliss-reactive ketones (excluding diaryl/α,β-unsaturated/α-hetero) is 1. The molecule has 0 radical (unpaired) electrons. The van der Waals surface area contributed by atoms with E-state index in [0.717, 1.165) is 19.3 Å². The lowest BCUT2D eigenvalue weighted by molar-refractivity contribution is -0.196. The van der Waals surface area contributed by atoms with Gasteiger partial charge in [-0.15, -0.1) is 0 Å². The number of hydrogen-bond donors (Lipinski definition) is 5. The third kappa shape index (κ3) is 15.1. The van der Waals surface area contributed by atoms with Crippen molar-refractivity contribution >= 4 is 19.3 Å². The SMILES string of the molecule is CCCCCCCCCCCCCCCCOP(=O)(O)CC(=O)C[C@H]1O[C@H](CO)[C@@H](O)[C@H](O)[C@H]1NC(C)=O. The summed E-state index contributed by atoms with van der Waals surface area (Å²) < 4.78 is 23.0. The van der Waals surface area contributed by atoms with E-state index in [1.807, 2.05) is 0 Å². The fourth-order valence-corrected chi connectivity index (χ4v) is 5.92. The van der Waals surface area contributed by atoms with Crippen LogP contribution in [0.3, 0.4) is 0 Å². The molecule has 0 aromatic carbocycles. The molecule has 0 aromatic heterocycles. The van der Waals surface area contributed by atoms with Gasteiger partial charge >= 0.3 is 7.60 Å². The van der Waals surface area contributed by atoms with Gasteiger partial charge in [0.15, 0.2) is 0 Å². The summed E-state index contributed by atoms with van der Waals surface area (Å²) in [6, 6.07) is -1.11. The molecule has 1 rings (SSSR count). The van der Waals surface area contributed by atoms with Gasteiger partial charge in [-0.1, -0.05) is 90.4 Å². The largest absolute Gasteiger partial charge is 0.394 e. The minimum absolute atomic E-state index is 0.0883. The Kier molecular flexibility index (Phi) is 18.6. The van der Waals surface area contributed by atoms with Crippen molar-refractivity contribution in [1.29, 1.82) is 0 Å². The van der Waals surface area contributed by atoms with Gasteiger partial charge in [0.2, 0.25) is 5.91 Å². The second-order valence-corrected chi connectivity index (χ2v) is 12.4. The van der Waals surface area contributed by atoms with Crippen LogP contribution in [-0.4, -0.2) is 81.7 Å². The van der Waals surface area contributed by atoms with E-state index in [-0.39, 0.29) is 6.61 Å². The first-order valence-electron chi connectivity index (χ1n) is 14.5. The number of ether oxygens (including phenoxy) is 1. The fourth-order valence-electron chi connectivity index (χ4n) is 4.84. The average molecular weight is 566 g/mol. The molecule has 6 atom stereocenters. The molecular weight excluding hydrogens is 513 g/mol. The topological polar surface area (TPSA) is 163 Å². The van der Waals surface area contributed by atoms with Crippen molar-refractivity contribution < 1.29 is 43.6 Å². The smallest absolute Gasteiger partial charge is 0.335 e. The molecule has 224 valence electrons. The Morgan fingerprint density at radius 1 is 0.842 bits per heavy atom. The maximum absolute atomic E-state index is 12.5. The van der Waals surface area contributed by atoms with Crippen LogP contribution < -0.4 is 5.32 Å². The van der Waals surface area contributed by atoms with Crippen LogP contribution in [0.15, 0.2) is 0 Å². The lowest BCUT2D eigenvalue weighted by Gasteiger charge is -2.42. The summed E-state index contributed by atoms with van der Waals surface area (Å²) in [7, 11) is -4.15. The summed E-state index contributed by atoms with van der Waals surface area (Å²) in [6.07, 6.45) is 10.5. The number of rotatable bonds is 22. The number of carbonyl (C=O) groups is 2. The maximum Gasteiger partial charge on any atom is 0.335 e. The van der Waals surface area contributed by atoms with Crippen LogP contribution in [0.4, 0.5) is 0 Å². The number of amides is 1. The quantitative estimate of drug-likeness (QED) is 0.0975. The van der Waals surface area contributed by atoms with Gasteiger partial charge in [-0.05, 0) is 6.42 Å². The normalized spacial score (nSPS) is 25.2. The molecule has 1 saturated heterocycles. The van der Waals surface area contributed by atoms with Crippen molar-refractivity contribution in [3.8, 4) is 0 Å². The summed E-state index contributed by atoms with van der Waals surface area (Å²) >= 11 is 0. The molecule has 0 saturated carbocycles. The molecule has 1 unspecified atom stereocenters. The molecule has 0 spiro atoms. The van der Waals surface area contributed by atoms with Crippen LogP contribution in [0.5, 0.6) is 0 Å². The van der Waals surface area contributed by atoms with Crippen LogP contribution >= 0.6 is 7.60 Å². The number of unbranched alkanes of at least 4 members (excludes halogenated alkanes) is 13. The lowest BCUT2D eigenvalue weighted by atomic mass is 9.90. The number of carbonyl (C=O) groups excluding carboxylic acids is 2. The summed E-state index contributed by atoms with van der Waals surface area (Å²) in [5, 5.41) is 32.2. The van der Waals surface area contributed by atoms with E-state index in [9.17, 15) is 34.4 Å². The van der Waals surface area contributed by atoms with E-state index in [4.69, 9.17) is 9.26 Å². The van der Waals surface area contributed by atoms with Crippen LogP contribution in [0, 0.1) is 0 Å². The first-order valence-corrected chi connectivity index (χ1v) is 16.2. The predicted molar refractivity (Wildman–Crippen MR) is 146 cm³/mol. The Labute approximate surface area is 228 Å². The van der Waals surface area contributed by atoms with Crippen molar-refractivity contribution in [2.45, 2.75) is 141 Å². The molecule has 1 fully saturated rings. The Morgan fingerprint density at radius 2 is 1.34 bits per heavy atom. The molecule has 1 aliphatic heterocycles. The molecule has 5 N–H and O–H groups in total. The number of nitrogens with one attached hydrogen (secondary N) is 1. The van der Waals surface area contributed by atoms with Crippen LogP contribution in [0.2, 0.25) is 0 Å². The Morgan fingerprint density at radius 3 is 1.82 bits per heavy atom. The molecule has 11 heteroatoms. The highest BCUT2D eigenvalue weighted by molar-refractivity contribution is 7.53. The van der Waals surface area contributed by atoms with Gasteiger partial charge in [0, 0.05) is 13.3 Å². The average Bonchev–Trinajstić information content (AvgIpc) is 2.85. The van der Waals surface area contributed by atoms with Crippen molar-refractivity contribution in [2.75, 3.05) is 19.4 Å². The second-order valence-electron chi connectivity index (χ2n) is 10.6. The van der Waals surface area contributed by atoms with E-state index in [1.165, 1.54) is 71.1 Å². The molecule has 38 heavy (non-hydrogen) atoms. The molecule has 1 heterocycles. The Bertz CT molecular complexity index is 708. The molecule has 1 aliphatic rings. The zero-order chi connectivity index (χ0) is 28.4. The maximum atomic E-state index is 12.5. The highest BCUT2D eigenvalue weighted by Gasteiger charge is 2.45. The van der Waals surface area contributed by atoms with Crippen molar-refractivity contribution in [1.82, 2.24) is 5.32 Å². The number of ketones is 1. The monoisotopic (exact) mass is 565 g/mol. The summed E-state index contributed by atoms with van der Waals surface area (Å²) in [5.41, 5.74) is 0. The Hall–Kier alpha value is -0.870. The van der Waals surface area contributed by atoms with E-state index in [1.54, 1.807) is 0 Å². The fraction of sp³-hybridized carbons (Fsp3) is 0.926. The molecule has 1 amide bonds. The molecular formula is C27H52NO9P. The third-order valence-corrected chi connectivity index (χ3v) is 8.33. The molecule has 0 aliphatic carbocycles. The Balaban J connectivity index is 2.21. The number of aliphatic hydroxyl groups is 3. The molecule has 0 bridgehead atoms. The standard InChI is InChI=1S/C27H52NO9P/c1-3-4-5-6-7-8-9-10-11-12-13-14-15-16-17-36-38(34,35)20-22(31)18-23-25(28-21(2)30)27(33)26(32)24(19-29)37-23/h23-27,29,32-33H,3-20H2,1-2H3,(H,28,30)(H,34,35)/t23-,24-,25+,26-,27-/m1/s1. The van der Waals surface area contributed by atoms with Crippen molar-refractivity contribution in [3.05, 3.63) is 0 Å². The number of hydrogen-bond acceptors (Lipinski definition) is 8. The lowest BCUT2D eigenvalue weighted by Crippen LogP contribution is -2.64. The molecule has 0 aromatic rings. The highest BCUT2D eigenvalue weighted by atomic mass is 31.2. The third-order valence-electron chi connectivity index (χ3n) is 6.99. The predicted octanol–water partition coefficient (Wildman–Crippen LogP) is 3.62. The van der Waals surface area contributed by atoms with Crippen molar-refractivity contribution in [2.24, 2.45) is 0 Å². The zero-order valence-corrected chi connectivity index (χ0v) is 24.3. The van der Waals surface area contributed by atoms with Crippen LogP contribution in [0.25, 0.3) is 0 Å². The van der Waals surface area contributed by atoms with Gasteiger partial charge in [-0.3, -0.25) is 14.2 Å². The zero-order valence-electron chi connectivity index (χ0n) is 23.4. The summed E-state index contributed by atoms with van der Waals surface area (Å²) in [5.74, 6) is -1.15. The van der Waals surface area contributed by atoms with Crippen LogP contribution in [0.1, 0.15) is 110 Å². The summed E-state index contributed by atoms with van der Waals surface area (Å²) in [6.45, 7) is 2.93. The highest BCUT2D eigenvalue weighted by Crippen LogP contribution is 2.42. The van der Waals surface area contributed by atoms with Crippen molar-refractivity contribution in [3.63, 3.8) is 0 Å². The van der Waals surface area contributed by atoms with Gasteiger partial charge in [0.25, 0.3) is 0 Å². The van der Waals surface area contributed by atoms with Gasteiger partial charge in [0.1, 0.15) is 30.3 Å². The first kappa shape index (κ1) is 35.2. The van der Waals surface area contributed by atoms with E-state index in [2.05, 4.69) is 12.2 Å². The minimum atomic E-state index is -4.15. The van der Waals surface area contributed by atoms with E-state index < -0.39 is 68.9 Å². The van der Waals surface area contributed by atoms with Gasteiger partial charge in [0.05, 0.1) is 25.4 Å². The van der Waals surface area contributed by atoms with Gasteiger partial charge in [-0.25, -0.2) is 0 Å². The second kappa shape index (κ2) is 20.1. The van der Waals surface area contributed by atoms with Crippen LogP contribution in [-0.2, 0) is 23.4 Å². The first-order chi connectivity index (χ1) is 18.1. The van der Waals surface area contributed by atoms with E-state index >= 15 is 0 Å². The number of aliphatic hydroxyl groups excluding tert-OH is 3. The van der Waals surface area contributed by atoms with Gasteiger partial charge < -0.3 is 34.8 Å². The van der Waals surface area contributed by atoms with Gasteiger partial charge in [-0.2, -0.15) is 0 Å². The molecule has 10 nitrogen and oxygen atoms in total. The van der Waals surface area contributed by atoms with E-state index in [0.29, 0.717) is 6.42 Å². The minimum Gasteiger partial charge on any atom is -0.394 e. The summed E-state index contributed by atoms with van der Waals surface area (Å²) in [4.78, 5) is 34.1.